The molecule has 2 rings (SSSR count). The van der Waals surface area contributed by atoms with Crippen molar-refractivity contribution in [1.29, 1.82) is 0 Å². The Bertz CT molecular complexity index is 646. The van der Waals surface area contributed by atoms with Gasteiger partial charge in [0.15, 0.2) is 5.82 Å². The van der Waals surface area contributed by atoms with Gasteiger partial charge in [0.2, 0.25) is 11.9 Å². The zero-order valence-electron chi connectivity index (χ0n) is 13.3. The Kier molecular flexibility index (Phi) is 5.15. The third kappa shape index (κ3) is 3.84. The van der Waals surface area contributed by atoms with Gasteiger partial charge in [-0.3, -0.25) is 4.90 Å². The standard InChI is InChI=1S/C15H21ClN6/c1-10(13-18-14(17)20-15(19-13)21(2)3)22(4)9-11-7-5-6-8-12(11)16/h5-8,10H,9H2,1-4H3,(H2,17,18,19,20)/t10-/m1/s1. The summed E-state index contributed by atoms with van der Waals surface area (Å²) < 4.78 is 0. The van der Waals surface area contributed by atoms with Crippen molar-refractivity contribution < 1.29 is 0 Å². The normalized spacial score (nSPS) is 12.5. The first-order chi connectivity index (χ1) is 10.4. The van der Waals surface area contributed by atoms with Crippen molar-refractivity contribution in [1.82, 2.24) is 19.9 Å². The Morgan fingerprint density at radius 2 is 1.82 bits per heavy atom. The Balaban J connectivity index is 2.20. The summed E-state index contributed by atoms with van der Waals surface area (Å²) in [5, 5.41) is 0.755. The number of nitrogens with two attached hydrogens (primary N) is 1. The molecule has 0 fully saturated rings. The lowest BCUT2D eigenvalue weighted by Crippen LogP contribution is -2.25. The van der Waals surface area contributed by atoms with E-state index in [9.17, 15) is 0 Å². The molecule has 0 bridgehead atoms. The van der Waals surface area contributed by atoms with Crippen LogP contribution in [0.5, 0.6) is 0 Å². The van der Waals surface area contributed by atoms with Crippen LogP contribution in [0.25, 0.3) is 0 Å². The fraction of sp³-hybridized carbons (Fsp3) is 0.400. The van der Waals surface area contributed by atoms with Crippen LogP contribution < -0.4 is 10.6 Å². The van der Waals surface area contributed by atoms with E-state index in [2.05, 4.69) is 19.9 Å². The number of aromatic nitrogens is 3. The second kappa shape index (κ2) is 6.89. The molecule has 0 unspecified atom stereocenters. The molecule has 7 heteroatoms. The highest BCUT2D eigenvalue weighted by molar-refractivity contribution is 6.31. The first-order valence-electron chi connectivity index (χ1n) is 7.01. The molecular formula is C15H21ClN6. The number of nitrogens with zero attached hydrogens (tertiary/aromatic N) is 5. The maximum absolute atomic E-state index is 6.22. The molecule has 0 saturated carbocycles. The van der Waals surface area contributed by atoms with Gasteiger partial charge in [0.25, 0.3) is 0 Å². The summed E-state index contributed by atoms with van der Waals surface area (Å²) in [6.45, 7) is 2.73. The molecule has 22 heavy (non-hydrogen) atoms. The molecule has 0 saturated heterocycles. The minimum atomic E-state index is -0.0136. The Morgan fingerprint density at radius 3 is 2.45 bits per heavy atom. The molecule has 1 heterocycles. The predicted octanol–water partition coefficient (Wildman–Crippen LogP) is 2.37. The van der Waals surface area contributed by atoms with Crippen LogP contribution in [0.4, 0.5) is 11.9 Å². The van der Waals surface area contributed by atoms with Gasteiger partial charge in [-0.2, -0.15) is 15.0 Å². The highest BCUT2D eigenvalue weighted by atomic mass is 35.5. The van der Waals surface area contributed by atoms with E-state index in [4.69, 9.17) is 17.3 Å². The van der Waals surface area contributed by atoms with Crippen molar-refractivity contribution in [2.75, 3.05) is 31.8 Å². The van der Waals surface area contributed by atoms with Gasteiger partial charge in [-0.05, 0) is 25.6 Å². The van der Waals surface area contributed by atoms with Crippen molar-refractivity contribution in [3.63, 3.8) is 0 Å². The highest BCUT2D eigenvalue weighted by Gasteiger charge is 2.18. The summed E-state index contributed by atoms with van der Waals surface area (Å²) in [6, 6.07) is 7.79. The van der Waals surface area contributed by atoms with Crippen LogP contribution >= 0.6 is 11.6 Å². The van der Waals surface area contributed by atoms with Gasteiger partial charge in [0.1, 0.15) is 0 Å². The van der Waals surface area contributed by atoms with Gasteiger partial charge < -0.3 is 10.6 Å². The molecule has 1 atom stereocenters. The van der Waals surface area contributed by atoms with Crippen LogP contribution in [0.15, 0.2) is 24.3 Å². The number of nitrogen functional groups attached to an aromatic ring is 1. The molecule has 0 aliphatic carbocycles. The van der Waals surface area contributed by atoms with E-state index in [-0.39, 0.29) is 12.0 Å². The third-order valence-electron chi connectivity index (χ3n) is 3.47. The van der Waals surface area contributed by atoms with Gasteiger partial charge in [-0.1, -0.05) is 29.8 Å². The average Bonchev–Trinajstić information content (AvgIpc) is 2.48. The number of halogens is 1. The molecule has 0 aliphatic rings. The van der Waals surface area contributed by atoms with E-state index in [0.29, 0.717) is 18.3 Å². The van der Waals surface area contributed by atoms with Crippen LogP contribution in [0.2, 0.25) is 5.02 Å². The van der Waals surface area contributed by atoms with Crippen molar-refractivity contribution in [3.8, 4) is 0 Å². The lowest BCUT2D eigenvalue weighted by Gasteiger charge is -2.24. The number of benzene rings is 1. The molecule has 2 N–H and O–H groups in total. The van der Waals surface area contributed by atoms with E-state index < -0.39 is 0 Å². The Hall–Kier alpha value is -1.92. The molecule has 118 valence electrons. The van der Waals surface area contributed by atoms with E-state index >= 15 is 0 Å². The third-order valence-corrected chi connectivity index (χ3v) is 3.84. The van der Waals surface area contributed by atoms with Crippen molar-refractivity contribution >= 4 is 23.5 Å². The predicted molar refractivity (Wildman–Crippen MR) is 89.9 cm³/mol. The van der Waals surface area contributed by atoms with E-state index in [1.165, 1.54) is 0 Å². The molecule has 2 aromatic rings. The van der Waals surface area contributed by atoms with Crippen LogP contribution in [0.3, 0.4) is 0 Å². The monoisotopic (exact) mass is 320 g/mol. The summed E-state index contributed by atoms with van der Waals surface area (Å²) in [4.78, 5) is 16.8. The number of rotatable bonds is 5. The van der Waals surface area contributed by atoms with Crippen molar-refractivity contribution in [2.45, 2.75) is 19.5 Å². The summed E-state index contributed by atoms with van der Waals surface area (Å²) in [5.41, 5.74) is 6.85. The molecule has 6 nitrogen and oxygen atoms in total. The molecule has 1 aromatic heterocycles. The zero-order valence-corrected chi connectivity index (χ0v) is 14.0. The molecule has 0 aliphatic heterocycles. The van der Waals surface area contributed by atoms with E-state index in [1.54, 1.807) is 0 Å². The van der Waals surface area contributed by atoms with Crippen LogP contribution in [-0.2, 0) is 6.54 Å². The number of hydrogen-bond acceptors (Lipinski definition) is 6. The maximum atomic E-state index is 6.22. The summed E-state index contributed by atoms with van der Waals surface area (Å²) in [7, 11) is 5.75. The largest absolute Gasteiger partial charge is 0.368 e. The minimum absolute atomic E-state index is 0.0136. The summed E-state index contributed by atoms with van der Waals surface area (Å²) >= 11 is 6.22. The minimum Gasteiger partial charge on any atom is -0.368 e. The van der Waals surface area contributed by atoms with E-state index in [1.807, 2.05) is 57.2 Å². The zero-order chi connectivity index (χ0) is 16.3. The number of anilines is 2. The summed E-state index contributed by atoms with van der Waals surface area (Å²) in [6.07, 6.45) is 0. The second-order valence-corrected chi connectivity index (χ2v) is 5.84. The SMILES string of the molecule is C[C@H](c1nc(N)nc(N(C)C)n1)N(C)Cc1ccccc1Cl. The smallest absolute Gasteiger partial charge is 0.229 e. The van der Waals surface area contributed by atoms with E-state index in [0.717, 1.165) is 10.6 Å². The fourth-order valence-corrected chi connectivity index (χ4v) is 2.21. The van der Waals surface area contributed by atoms with Gasteiger partial charge in [0.05, 0.1) is 6.04 Å². The lowest BCUT2D eigenvalue weighted by atomic mass is 10.2. The highest BCUT2D eigenvalue weighted by Crippen LogP contribution is 2.22. The van der Waals surface area contributed by atoms with Crippen LogP contribution in [-0.4, -0.2) is 41.0 Å². The topological polar surface area (TPSA) is 71.2 Å². The molecule has 1 aromatic carbocycles. The fourth-order valence-electron chi connectivity index (χ4n) is 2.01. The maximum Gasteiger partial charge on any atom is 0.229 e. The first kappa shape index (κ1) is 16.5. The number of hydrogen-bond donors (Lipinski definition) is 1. The molecule has 0 radical (unpaired) electrons. The molecular weight excluding hydrogens is 300 g/mol. The van der Waals surface area contributed by atoms with Gasteiger partial charge >= 0.3 is 0 Å². The molecule has 0 amide bonds. The van der Waals surface area contributed by atoms with Crippen LogP contribution in [0.1, 0.15) is 24.4 Å². The van der Waals surface area contributed by atoms with Gasteiger partial charge in [-0.25, -0.2) is 0 Å². The van der Waals surface area contributed by atoms with Gasteiger partial charge in [-0.15, -0.1) is 0 Å². The second-order valence-electron chi connectivity index (χ2n) is 5.43. The quantitative estimate of drug-likeness (QED) is 0.912. The first-order valence-corrected chi connectivity index (χ1v) is 7.38. The molecule has 0 spiro atoms. The average molecular weight is 321 g/mol. The van der Waals surface area contributed by atoms with Crippen LogP contribution in [0, 0.1) is 0 Å². The Morgan fingerprint density at radius 1 is 1.14 bits per heavy atom. The van der Waals surface area contributed by atoms with Crippen molar-refractivity contribution in [2.24, 2.45) is 0 Å². The Labute approximate surface area is 135 Å². The van der Waals surface area contributed by atoms with Crippen molar-refractivity contribution in [3.05, 3.63) is 40.7 Å². The summed E-state index contributed by atoms with van der Waals surface area (Å²) in [5.74, 6) is 1.43. The van der Waals surface area contributed by atoms with Gasteiger partial charge in [0, 0.05) is 25.7 Å². The lowest BCUT2D eigenvalue weighted by molar-refractivity contribution is 0.243.